The molecule has 11 nitrogen and oxygen atoms in total. The number of aromatic nitrogens is 5. The van der Waals surface area contributed by atoms with Gasteiger partial charge in [0.2, 0.25) is 0 Å². The highest BCUT2D eigenvalue weighted by molar-refractivity contribution is 5.94. The summed E-state index contributed by atoms with van der Waals surface area (Å²) in [5.41, 5.74) is 6.86. The van der Waals surface area contributed by atoms with Crippen molar-refractivity contribution >= 4 is 22.9 Å². The first-order valence-electron chi connectivity index (χ1n) is 8.18. The number of fused-ring (bicyclic) bond motifs is 1. The number of hydrogen-bond acceptors (Lipinski definition) is 9. The molecular formula is C16H17N7O4. The SMILES string of the molecule is Nc1ncnc2c1ncn2[C@@H]1O[C@H](CO)C(NC(=O)c2cccnc2)C1O. The summed E-state index contributed by atoms with van der Waals surface area (Å²) in [7, 11) is 0. The van der Waals surface area contributed by atoms with Crippen LogP contribution < -0.4 is 11.1 Å². The second-order valence-electron chi connectivity index (χ2n) is 6.06. The Morgan fingerprint density at radius 1 is 1.37 bits per heavy atom. The first-order chi connectivity index (χ1) is 13.1. The van der Waals surface area contributed by atoms with Gasteiger partial charge >= 0.3 is 0 Å². The molecule has 1 fully saturated rings. The quantitative estimate of drug-likeness (QED) is 0.444. The third-order valence-electron chi connectivity index (χ3n) is 4.44. The Bertz CT molecular complexity index is 964. The number of anilines is 1. The molecule has 3 aromatic heterocycles. The number of aliphatic hydroxyl groups excluding tert-OH is 2. The molecule has 140 valence electrons. The fraction of sp³-hybridized carbons (Fsp3) is 0.312. The molecule has 1 saturated heterocycles. The van der Waals surface area contributed by atoms with E-state index in [1.54, 1.807) is 18.3 Å². The molecule has 0 aromatic carbocycles. The minimum absolute atomic E-state index is 0.200. The zero-order chi connectivity index (χ0) is 19.0. The lowest BCUT2D eigenvalue weighted by Gasteiger charge is -2.20. The number of rotatable bonds is 4. The lowest BCUT2D eigenvalue weighted by molar-refractivity contribution is -0.0489. The summed E-state index contributed by atoms with van der Waals surface area (Å²) in [4.78, 5) is 28.4. The maximum Gasteiger partial charge on any atom is 0.253 e. The average molecular weight is 371 g/mol. The van der Waals surface area contributed by atoms with Gasteiger partial charge in [-0.1, -0.05) is 0 Å². The number of carbonyl (C=O) groups is 1. The number of pyridine rings is 1. The van der Waals surface area contributed by atoms with Crippen molar-refractivity contribution < 1.29 is 19.7 Å². The maximum absolute atomic E-state index is 12.4. The molecule has 5 N–H and O–H groups in total. The zero-order valence-electron chi connectivity index (χ0n) is 14.0. The van der Waals surface area contributed by atoms with Crippen LogP contribution in [0.1, 0.15) is 16.6 Å². The number of nitrogens with one attached hydrogen (secondary N) is 1. The van der Waals surface area contributed by atoms with Crippen LogP contribution in [-0.2, 0) is 4.74 Å². The van der Waals surface area contributed by atoms with Gasteiger partial charge in [0.15, 0.2) is 17.7 Å². The van der Waals surface area contributed by atoms with Gasteiger partial charge in [-0.2, -0.15) is 0 Å². The third kappa shape index (κ3) is 2.97. The number of hydrogen-bond donors (Lipinski definition) is 4. The molecule has 1 aliphatic heterocycles. The Morgan fingerprint density at radius 3 is 2.96 bits per heavy atom. The first kappa shape index (κ1) is 17.3. The Kier molecular flexibility index (Phi) is 4.39. The molecule has 1 aliphatic rings. The molecule has 11 heteroatoms. The second kappa shape index (κ2) is 6.87. The predicted molar refractivity (Wildman–Crippen MR) is 92.2 cm³/mol. The summed E-state index contributed by atoms with van der Waals surface area (Å²) in [6.45, 7) is -0.394. The van der Waals surface area contributed by atoms with Gasteiger partial charge < -0.3 is 26.0 Å². The maximum atomic E-state index is 12.4. The molecule has 0 saturated carbocycles. The van der Waals surface area contributed by atoms with Crippen LogP contribution in [0.15, 0.2) is 37.2 Å². The summed E-state index contributed by atoms with van der Waals surface area (Å²) in [6.07, 6.45) is 2.77. The van der Waals surface area contributed by atoms with Gasteiger partial charge in [-0.25, -0.2) is 15.0 Å². The Labute approximate surface area is 152 Å². The fourth-order valence-electron chi connectivity index (χ4n) is 3.09. The summed E-state index contributed by atoms with van der Waals surface area (Å²) in [5, 5.41) is 23.1. The van der Waals surface area contributed by atoms with E-state index in [2.05, 4.69) is 25.3 Å². The van der Waals surface area contributed by atoms with Crippen LogP contribution in [-0.4, -0.2) is 65.5 Å². The average Bonchev–Trinajstić information content (AvgIpc) is 3.25. The number of amides is 1. The van der Waals surface area contributed by atoms with Gasteiger partial charge in [-0.3, -0.25) is 14.3 Å². The van der Waals surface area contributed by atoms with E-state index in [9.17, 15) is 15.0 Å². The lowest BCUT2D eigenvalue weighted by Crippen LogP contribution is -2.48. The standard InChI is InChI=1S/C16H17N7O4/c17-13-11-14(20-6-19-13)23(7-21-11)16-12(25)10(9(5-24)27-16)22-15(26)8-2-1-3-18-4-8/h1-4,6-7,9-10,12,16,24-25H,5H2,(H,22,26)(H2,17,19,20)/t9-,10?,12?,16-/m1/s1. The normalized spacial score (nSPS) is 25.0. The van der Waals surface area contributed by atoms with Crippen molar-refractivity contribution in [3.05, 3.63) is 42.7 Å². The van der Waals surface area contributed by atoms with Crippen molar-refractivity contribution in [2.45, 2.75) is 24.5 Å². The predicted octanol–water partition coefficient (Wildman–Crippen LogP) is -1.15. The summed E-state index contributed by atoms with van der Waals surface area (Å²) in [5.74, 6) is -0.233. The van der Waals surface area contributed by atoms with Crippen molar-refractivity contribution in [2.24, 2.45) is 0 Å². The number of imidazole rings is 1. The number of nitrogens with zero attached hydrogens (tertiary/aromatic N) is 5. The highest BCUT2D eigenvalue weighted by Crippen LogP contribution is 2.32. The minimum Gasteiger partial charge on any atom is -0.394 e. The van der Waals surface area contributed by atoms with Gasteiger partial charge in [-0.15, -0.1) is 0 Å². The van der Waals surface area contributed by atoms with Crippen LogP contribution in [0.3, 0.4) is 0 Å². The van der Waals surface area contributed by atoms with E-state index in [4.69, 9.17) is 10.5 Å². The summed E-state index contributed by atoms with van der Waals surface area (Å²) < 4.78 is 7.25. The highest BCUT2D eigenvalue weighted by atomic mass is 16.5. The Balaban J connectivity index is 1.61. The van der Waals surface area contributed by atoms with E-state index in [0.717, 1.165) is 0 Å². The smallest absolute Gasteiger partial charge is 0.253 e. The van der Waals surface area contributed by atoms with E-state index in [1.807, 2.05) is 0 Å². The molecule has 2 unspecified atom stereocenters. The van der Waals surface area contributed by atoms with Gasteiger partial charge in [0.25, 0.3) is 5.91 Å². The van der Waals surface area contributed by atoms with E-state index < -0.39 is 37.0 Å². The van der Waals surface area contributed by atoms with Gasteiger partial charge in [-0.05, 0) is 12.1 Å². The highest BCUT2D eigenvalue weighted by Gasteiger charge is 2.45. The third-order valence-corrected chi connectivity index (χ3v) is 4.44. The molecule has 3 aromatic rings. The topological polar surface area (TPSA) is 161 Å². The summed E-state index contributed by atoms with van der Waals surface area (Å²) >= 11 is 0. The number of aliphatic hydroxyl groups is 2. The van der Waals surface area contributed by atoms with Crippen molar-refractivity contribution in [3.8, 4) is 0 Å². The second-order valence-corrected chi connectivity index (χ2v) is 6.06. The molecule has 0 aliphatic carbocycles. The molecule has 4 atom stereocenters. The van der Waals surface area contributed by atoms with Crippen LogP contribution in [0.4, 0.5) is 5.82 Å². The van der Waals surface area contributed by atoms with Crippen molar-refractivity contribution in [2.75, 3.05) is 12.3 Å². The van der Waals surface area contributed by atoms with Crippen LogP contribution in [0.5, 0.6) is 0 Å². The van der Waals surface area contributed by atoms with Gasteiger partial charge in [0, 0.05) is 12.4 Å². The van der Waals surface area contributed by atoms with Crippen LogP contribution in [0.25, 0.3) is 11.2 Å². The van der Waals surface area contributed by atoms with Crippen LogP contribution >= 0.6 is 0 Å². The monoisotopic (exact) mass is 371 g/mol. The molecule has 0 bridgehead atoms. The molecule has 1 amide bonds. The van der Waals surface area contributed by atoms with Gasteiger partial charge in [0.05, 0.1) is 24.5 Å². The largest absolute Gasteiger partial charge is 0.394 e. The molecule has 0 spiro atoms. The van der Waals surface area contributed by atoms with E-state index in [0.29, 0.717) is 16.7 Å². The van der Waals surface area contributed by atoms with Crippen LogP contribution in [0.2, 0.25) is 0 Å². The minimum atomic E-state index is -1.16. The first-order valence-corrected chi connectivity index (χ1v) is 8.18. The van der Waals surface area contributed by atoms with Crippen LogP contribution in [0, 0.1) is 0 Å². The number of nitrogen functional groups attached to an aromatic ring is 1. The number of ether oxygens (including phenoxy) is 1. The molecule has 0 radical (unpaired) electrons. The van der Waals surface area contributed by atoms with Gasteiger partial charge in [0.1, 0.15) is 24.1 Å². The van der Waals surface area contributed by atoms with E-state index in [-0.39, 0.29) is 5.82 Å². The Hall–Kier alpha value is -3.15. The molecule has 4 heterocycles. The van der Waals surface area contributed by atoms with E-state index >= 15 is 0 Å². The van der Waals surface area contributed by atoms with E-state index in [1.165, 1.54) is 23.4 Å². The number of nitrogens with two attached hydrogens (primary N) is 1. The molecule has 4 rings (SSSR count). The lowest BCUT2D eigenvalue weighted by atomic mass is 10.1. The molecule has 27 heavy (non-hydrogen) atoms. The van der Waals surface area contributed by atoms with Crippen molar-refractivity contribution in [1.29, 1.82) is 0 Å². The van der Waals surface area contributed by atoms with Crippen molar-refractivity contribution in [3.63, 3.8) is 0 Å². The Morgan fingerprint density at radius 2 is 2.22 bits per heavy atom. The summed E-state index contributed by atoms with van der Waals surface area (Å²) in [6, 6.07) is 2.38. The molecular weight excluding hydrogens is 354 g/mol. The van der Waals surface area contributed by atoms with Crippen molar-refractivity contribution in [1.82, 2.24) is 29.8 Å². The number of carbonyl (C=O) groups excluding carboxylic acids is 1. The fourth-order valence-corrected chi connectivity index (χ4v) is 3.09. The zero-order valence-corrected chi connectivity index (χ0v) is 14.0.